The molecule has 3 aromatic rings. The molecule has 1 amide bonds. The fraction of sp³-hybridized carbons (Fsp3) is 0.217. The summed E-state index contributed by atoms with van der Waals surface area (Å²) in [5, 5.41) is 0. The third-order valence-corrected chi connectivity index (χ3v) is 4.27. The lowest BCUT2D eigenvalue weighted by Crippen LogP contribution is -2.34. The summed E-state index contributed by atoms with van der Waals surface area (Å²) in [6.07, 6.45) is 8.96. The number of hydrogen-bond donors (Lipinski definition) is 0. The Morgan fingerprint density at radius 3 is 2.76 bits per heavy atom. The SMILES string of the molecule is CC=Cc1ccc(OCC(=O)N(Cc2cccnc2)Cc2ccco2)c(OC)c1. The lowest BCUT2D eigenvalue weighted by Gasteiger charge is -2.22. The van der Waals surface area contributed by atoms with Crippen LogP contribution in [0.1, 0.15) is 23.8 Å². The van der Waals surface area contributed by atoms with E-state index in [1.165, 1.54) is 0 Å². The zero-order valence-electron chi connectivity index (χ0n) is 16.6. The molecule has 2 heterocycles. The van der Waals surface area contributed by atoms with Gasteiger partial charge < -0.3 is 18.8 Å². The van der Waals surface area contributed by atoms with Crippen LogP contribution < -0.4 is 9.47 Å². The molecule has 0 spiro atoms. The van der Waals surface area contributed by atoms with Crippen LogP contribution in [0.2, 0.25) is 0 Å². The highest BCUT2D eigenvalue weighted by molar-refractivity contribution is 5.78. The second-order valence-electron chi connectivity index (χ2n) is 6.39. The number of allylic oxidation sites excluding steroid dienone is 1. The van der Waals surface area contributed by atoms with E-state index in [2.05, 4.69) is 4.98 Å². The minimum absolute atomic E-state index is 0.111. The molecule has 0 saturated carbocycles. The number of benzene rings is 1. The van der Waals surface area contributed by atoms with Gasteiger partial charge in [-0.3, -0.25) is 9.78 Å². The highest BCUT2D eigenvalue weighted by atomic mass is 16.5. The molecule has 0 atom stereocenters. The van der Waals surface area contributed by atoms with Crippen molar-refractivity contribution in [3.05, 3.63) is 84.1 Å². The van der Waals surface area contributed by atoms with Crippen LogP contribution in [0, 0.1) is 0 Å². The van der Waals surface area contributed by atoms with Gasteiger partial charge in [0.1, 0.15) is 5.76 Å². The Hall–Kier alpha value is -3.54. The number of ether oxygens (including phenoxy) is 2. The van der Waals surface area contributed by atoms with Gasteiger partial charge in [-0.15, -0.1) is 0 Å². The van der Waals surface area contributed by atoms with E-state index in [0.29, 0.717) is 30.3 Å². The van der Waals surface area contributed by atoms with E-state index in [1.54, 1.807) is 42.8 Å². The van der Waals surface area contributed by atoms with Gasteiger partial charge in [-0.05, 0) is 48.4 Å². The molecule has 0 aliphatic heterocycles. The van der Waals surface area contributed by atoms with E-state index in [0.717, 1.165) is 11.1 Å². The molecule has 0 N–H and O–H groups in total. The van der Waals surface area contributed by atoms with E-state index in [9.17, 15) is 4.79 Å². The van der Waals surface area contributed by atoms with E-state index in [4.69, 9.17) is 13.9 Å². The van der Waals surface area contributed by atoms with Gasteiger partial charge in [0.15, 0.2) is 18.1 Å². The molecule has 150 valence electrons. The molecule has 0 aliphatic rings. The molecule has 0 unspecified atom stereocenters. The molecule has 0 saturated heterocycles. The standard InChI is InChI=1S/C23H24N2O4/c1-3-6-18-9-10-21(22(13-18)27-2)29-17-23(26)25(16-20-8-5-12-28-20)15-19-7-4-11-24-14-19/h3-14H,15-17H2,1-2H3. The summed E-state index contributed by atoms with van der Waals surface area (Å²) in [5.41, 5.74) is 1.93. The Kier molecular flexibility index (Phi) is 7.05. The topological polar surface area (TPSA) is 64.8 Å². The lowest BCUT2D eigenvalue weighted by molar-refractivity contribution is -0.134. The Bertz CT molecular complexity index is 937. The van der Waals surface area contributed by atoms with Gasteiger partial charge in [0.2, 0.25) is 0 Å². The van der Waals surface area contributed by atoms with Crippen LogP contribution in [0.15, 0.2) is 71.6 Å². The number of furan rings is 1. The van der Waals surface area contributed by atoms with Gasteiger partial charge in [-0.25, -0.2) is 0 Å². The number of aromatic nitrogens is 1. The van der Waals surface area contributed by atoms with Crippen molar-refractivity contribution < 1.29 is 18.7 Å². The molecule has 6 heteroatoms. The van der Waals surface area contributed by atoms with E-state index in [1.807, 2.05) is 49.4 Å². The lowest BCUT2D eigenvalue weighted by atomic mass is 10.2. The Morgan fingerprint density at radius 2 is 2.07 bits per heavy atom. The summed E-state index contributed by atoms with van der Waals surface area (Å²) in [5.74, 6) is 1.65. The van der Waals surface area contributed by atoms with Gasteiger partial charge in [0, 0.05) is 18.9 Å². The van der Waals surface area contributed by atoms with E-state index in [-0.39, 0.29) is 12.5 Å². The first kappa shape index (κ1) is 20.2. The van der Waals surface area contributed by atoms with Crippen molar-refractivity contribution in [2.75, 3.05) is 13.7 Å². The second kappa shape index (κ2) is 10.1. The minimum atomic E-state index is -0.162. The van der Waals surface area contributed by atoms with Crippen molar-refractivity contribution in [1.82, 2.24) is 9.88 Å². The molecule has 0 aliphatic carbocycles. The molecular weight excluding hydrogens is 368 g/mol. The summed E-state index contributed by atoms with van der Waals surface area (Å²) in [7, 11) is 1.58. The maximum Gasteiger partial charge on any atom is 0.261 e. The second-order valence-corrected chi connectivity index (χ2v) is 6.39. The number of rotatable bonds is 9. The van der Waals surface area contributed by atoms with E-state index >= 15 is 0 Å². The highest BCUT2D eigenvalue weighted by Gasteiger charge is 2.18. The van der Waals surface area contributed by atoms with Gasteiger partial charge in [-0.1, -0.05) is 24.3 Å². The minimum Gasteiger partial charge on any atom is -0.493 e. The van der Waals surface area contributed by atoms with Crippen molar-refractivity contribution in [3.63, 3.8) is 0 Å². The van der Waals surface area contributed by atoms with Crippen molar-refractivity contribution in [1.29, 1.82) is 0 Å². The van der Waals surface area contributed by atoms with E-state index < -0.39 is 0 Å². The molecule has 29 heavy (non-hydrogen) atoms. The van der Waals surface area contributed by atoms with Crippen molar-refractivity contribution in [2.45, 2.75) is 20.0 Å². The number of hydrogen-bond acceptors (Lipinski definition) is 5. The van der Waals surface area contributed by atoms with Crippen LogP contribution in [0.4, 0.5) is 0 Å². The number of methoxy groups -OCH3 is 1. The Balaban J connectivity index is 1.70. The molecule has 6 nitrogen and oxygen atoms in total. The van der Waals surface area contributed by atoms with Crippen LogP contribution in [-0.2, 0) is 17.9 Å². The predicted molar refractivity (Wildman–Crippen MR) is 110 cm³/mol. The van der Waals surface area contributed by atoms with Crippen LogP contribution in [0.25, 0.3) is 6.08 Å². The fourth-order valence-corrected chi connectivity index (χ4v) is 2.87. The first-order chi connectivity index (χ1) is 14.2. The van der Waals surface area contributed by atoms with Crippen LogP contribution in [-0.4, -0.2) is 29.5 Å². The average molecular weight is 392 g/mol. The van der Waals surface area contributed by atoms with Gasteiger partial charge in [0.05, 0.1) is 19.9 Å². The molecule has 0 radical (unpaired) electrons. The Morgan fingerprint density at radius 1 is 1.17 bits per heavy atom. The molecule has 3 rings (SSSR count). The Labute approximate surface area is 170 Å². The first-order valence-corrected chi connectivity index (χ1v) is 9.32. The summed E-state index contributed by atoms with van der Waals surface area (Å²) in [6.45, 7) is 2.60. The summed E-state index contributed by atoms with van der Waals surface area (Å²) in [6, 6.07) is 13.0. The number of carbonyl (C=O) groups is 1. The van der Waals surface area contributed by atoms with Crippen LogP contribution in [0.3, 0.4) is 0 Å². The van der Waals surface area contributed by atoms with Crippen molar-refractivity contribution >= 4 is 12.0 Å². The normalized spacial score (nSPS) is 10.8. The fourth-order valence-electron chi connectivity index (χ4n) is 2.87. The molecule has 0 bridgehead atoms. The zero-order chi connectivity index (χ0) is 20.5. The molecular formula is C23H24N2O4. The molecule has 2 aromatic heterocycles. The number of pyridine rings is 1. The summed E-state index contributed by atoms with van der Waals surface area (Å²) in [4.78, 5) is 18.7. The maximum absolute atomic E-state index is 12.9. The van der Waals surface area contributed by atoms with Gasteiger partial charge in [0.25, 0.3) is 5.91 Å². The van der Waals surface area contributed by atoms with Crippen molar-refractivity contribution in [2.24, 2.45) is 0 Å². The third kappa shape index (κ3) is 5.72. The average Bonchev–Trinajstić information content (AvgIpc) is 3.26. The smallest absolute Gasteiger partial charge is 0.261 e. The van der Waals surface area contributed by atoms with Gasteiger partial charge >= 0.3 is 0 Å². The molecule has 0 fully saturated rings. The highest BCUT2D eigenvalue weighted by Crippen LogP contribution is 2.28. The largest absolute Gasteiger partial charge is 0.493 e. The number of carbonyl (C=O) groups excluding carboxylic acids is 1. The monoisotopic (exact) mass is 392 g/mol. The van der Waals surface area contributed by atoms with Gasteiger partial charge in [-0.2, -0.15) is 0 Å². The summed E-state index contributed by atoms with van der Waals surface area (Å²) >= 11 is 0. The first-order valence-electron chi connectivity index (χ1n) is 9.32. The quantitative estimate of drug-likeness (QED) is 0.542. The van der Waals surface area contributed by atoms with Crippen LogP contribution in [0.5, 0.6) is 11.5 Å². The summed E-state index contributed by atoms with van der Waals surface area (Å²) < 4.78 is 16.6. The van der Waals surface area contributed by atoms with Crippen LogP contribution >= 0.6 is 0 Å². The zero-order valence-corrected chi connectivity index (χ0v) is 16.6. The maximum atomic E-state index is 12.9. The number of nitrogens with zero attached hydrogens (tertiary/aromatic N) is 2. The molecule has 1 aromatic carbocycles. The predicted octanol–water partition coefficient (Wildman–Crippen LogP) is 4.32. The number of amides is 1. The van der Waals surface area contributed by atoms with Crippen molar-refractivity contribution in [3.8, 4) is 11.5 Å². The third-order valence-electron chi connectivity index (χ3n) is 4.27.